The number of para-hydroxylation sites is 2. The normalized spacial score (nSPS) is 13.2. The lowest BCUT2D eigenvalue weighted by atomic mass is 9.67. The van der Waals surface area contributed by atoms with Crippen molar-refractivity contribution in [3.05, 3.63) is 349 Å². The summed E-state index contributed by atoms with van der Waals surface area (Å²) in [7, 11) is 0. The molecule has 0 saturated carbocycles. The maximum atomic E-state index is 2.48. The molecule has 2 aliphatic rings. The molecule has 0 heterocycles. The second kappa shape index (κ2) is 19.8. The molecule has 13 aromatic carbocycles. The summed E-state index contributed by atoms with van der Waals surface area (Å²) in [6, 6.07) is 117. The van der Waals surface area contributed by atoms with Crippen molar-refractivity contribution in [2.75, 3.05) is 9.80 Å². The molecule has 0 atom stereocenters. The summed E-state index contributed by atoms with van der Waals surface area (Å²) in [5.41, 5.74) is 25.4. The van der Waals surface area contributed by atoms with Crippen molar-refractivity contribution >= 4 is 44.9 Å². The highest BCUT2D eigenvalue weighted by molar-refractivity contribution is 6.05. The molecule has 0 bridgehead atoms. The average molecular weight is 1050 g/mol. The first-order chi connectivity index (χ1) is 40.4. The molecule has 2 heteroatoms. The average Bonchev–Trinajstić information content (AvgIpc) is 2.52. The fourth-order valence-corrected chi connectivity index (χ4v) is 13.8. The van der Waals surface area contributed by atoms with Gasteiger partial charge >= 0.3 is 0 Å². The Labute approximate surface area is 481 Å². The highest BCUT2D eigenvalue weighted by atomic mass is 15.2. The maximum Gasteiger partial charge on any atom is 0.0714 e. The number of nitrogens with zero attached hydrogens (tertiary/aromatic N) is 2. The number of anilines is 6. The van der Waals surface area contributed by atoms with Crippen molar-refractivity contribution in [3.8, 4) is 55.6 Å². The molecule has 0 N–H and O–H groups in total. The van der Waals surface area contributed by atoms with E-state index in [1.165, 1.54) is 83.1 Å². The van der Waals surface area contributed by atoms with Crippen LogP contribution >= 0.6 is 0 Å². The summed E-state index contributed by atoms with van der Waals surface area (Å²) >= 11 is 0. The lowest BCUT2D eigenvalue weighted by Gasteiger charge is -2.35. The van der Waals surface area contributed by atoms with Crippen molar-refractivity contribution in [2.45, 2.75) is 24.7 Å². The molecule has 13 aromatic rings. The fraction of sp³-hybridized carbons (Fsp3) is 0.0500. The second-order valence-corrected chi connectivity index (χ2v) is 22.4. The van der Waals surface area contributed by atoms with Gasteiger partial charge in [0.2, 0.25) is 0 Å². The van der Waals surface area contributed by atoms with E-state index < -0.39 is 5.41 Å². The third-order valence-corrected chi connectivity index (χ3v) is 17.5. The molecule has 0 unspecified atom stereocenters. The van der Waals surface area contributed by atoms with E-state index in [9.17, 15) is 0 Å². The SMILES string of the molecule is CC1(C)c2ccccc2-c2ccc(N(c3ccccc3)c3cc(-c4cccc(-c5ccc6ccccc6c5-c5ccccc5)c4)cc(N(c4ccccc4)c4ccc5c(c4)C(c4ccccc4)(c4ccccc4)c4ccccc4-5)c3)cc21. The molecule has 0 spiro atoms. The van der Waals surface area contributed by atoms with Crippen LogP contribution < -0.4 is 9.80 Å². The van der Waals surface area contributed by atoms with Gasteiger partial charge in [0.15, 0.2) is 0 Å². The predicted octanol–water partition coefficient (Wildman–Crippen LogP) is 21.4. The molecule has 0 amide bonds. The van der Waals surface area contributed by atoms with Gasteiger partial charge in [0.25, 0.3) is 0 Å². The van der Waals surface area contributed by atoms with Gasteiger partial charge in [-0.1, -0.05) is 257 Å². The lowest BCUT2D eigenvalue weighted by Crippen LogP contribution is -2.28. The predicted molar refractivity (Wildman–Crippen MR) is 344 cm³/mol. The quantitative estimate of drug-likeness (QED) is 0.127. The van der Waals surface area contributed by atoms with Crippen LogP contribution in [-0.4, -0.2) is 0 Å². The molecule has 0 fully saturated rings. The summed E-state index contributed by atoms with van der Waals surface area (Å²) < 4.78 is 0. The molecule has 0 aromatic heterocycles. The summed E-state index contributed by atoms with van der Waals surface area (Å²) in [6.07, 6.45) is 0. The number of rotatable bonds is 11. The van der Waals surface area contributed by atoms with Crippen LogP contribution in [-0.2, 0) is 10.8 Å². The smallest absolute Gasteiger partial charge is 0.0714 e. The first-order valence-electron chi connectivity index (χ1n) is 28.6. The van der Waals surface area contributed by atoms with E-state index in [2.05, 4.69) is 339 Å². The van der Waals surface area contributed by atoms with Crippen molar-refractivity contribution in [1.29, 1.82) is 0 Å². The van der Waals surface area contributed by atoms with E-state index in [0.717, 1.165) is 50.8 Å². The number of hydrogen-bond donors (Lipinski definition) is 0. The maximum absolute atomic E-state index is 2.48. The lowest BCUT2D eigenvalue weighted by molar-refractivity contribution is 0.660. The van der Waals surface area contributed by atoms with Gasteiger partial charge in [0.1, 0.15) is 0 Å². The fourth-order valence-electron chi connectivity index (χ4n) is 13.8. The number of benzene rings is 13. The highest BCUT2D eigenvalue weighted by Gasteiger charge is 2.46. The van der Waals surface area contributed by atoms with Crippen molar-refractivity contribution in [1.82, 2.24) is 0 Å². The van der Waals surface area contributed by atoms with Gasteiger partial charge in [-0.25, -0.2) is 0 Å². The first-order valence-corrected chi connectivity index (χ1v) is 28.6. The summed E-state index contributed by atoms with van der Waals surface area (Å²) in [6.45, 7) is 4.74. The molecule has 82 heavy (non-hydrogen) atoms. The zero-order valence-corrected chi connectivity index (χ0v) is 45.9. The van der Waals surface area contributed by atoms with Crippen molar-refractivity contribution < 1.29 is 0 Å². The van der Waals surface area contributed by atoms with Gasteiger partial charge < -0.3 is 9.80 Å². The second-order valence-electron chi connectivity index (χ2n) is 22.4. The van der Waals surface area contributed by atoms with Crippen LogP contribution in [0.2, 0.25) is 0 Å². The molecule has 2 nitrogen and oxygen atoms in total. The highest BCUT2D eigenvalue weighted by Crippen LogP contribution is 2.58. The molecule has 0 aliphatic heterocycles. The molecule has 0 saturated heterocycles. The van der Waals surface area contributed by atoms with E-state index in [4.69, 9.17) is 0 Å². The summed E-state index contributed by atoms with van der Waals surface area (Å²) in [4.78, 5) is 4.94. The van der Waals surface area contributed by atoms with Gasteiger partial charge in [0.05, 0.1) is 5.41 Å². The first kappa shape index (κ1) is 48.8. The van der Waals surface area contributed by atoms with Gasteiger partial charge in [-0.15, -0.1) is 0 Å². The van der Waals surface area contributed by atoms with E-state index >= 15 is 0 Å². The molecular formula is C80H58N2. The van der Waals surface area contributed by atoms with Crippen LogP contribution in [0.3, 0.4) is 0 Å². The topological polar surface area (TPSA) is 6.48 Å². The zero-order valence-electron chi connectivity index (χ0n) is 45.9. The number of hydrogen-bond acceptors (Lipinski definition) is 2. The van der Waals surface area contributed by atoms with Crippen LogP contribution in [0.25, 0.3) is 66.4 Å². The Hall–Kier alpha value is -10.3. The van der Waals surface area contributed by atoms with E-state index in [-0.39, 0.29) is 5.41 Å². The Bertz CT molecular complexity index is 4490. The Balaban J connectivity index is 0.984. The monoisotopic (exact) mass is 1050 g/mol. The van der Waals surface area contributed by atoms with Gasteiger partial charge in [-0.2, -0.15) is 0 Å². The largest absolute Gasteiger partial charge is 0.310 e. The molecule has 2 aliphatic carbocycles. The van der Waals surface area contributed by atoms with E-state index in [1.807, 2.05) is 0 Å². The minimum Gasteiger partial charge on any atom is -0.310 e. The Kier molecular flexibility index (Phi) is 11.8. The molecule has 388 valence electrons. The van der Waals surface area contributed by atoms with Gasteiger partial charge in [-0.05, 0) is 173 Å². The standard InChI is InChI=1S/C80H58N2/c1-79(2)74-41-22-20-39-70(74)72-47-44-64(53-76(72)79)81(62-34-14-6-15-35-62)66-50-59(57-28-24-29-58(49-57)69-46-43-55-25-18-19-38-68(55)78(69)56-26-8-3-9-27-56)51-67(52-66)82(63-36-16-7-17-37-63)65-45-48-73-71-40-21-23-42-75(71)80(77(73)54-65,60-30-10-4-11-31-60)61-32-12-5-13-33-61/h3-54H,1-2H3. The third kappa shape index (κ3) is 7.93. The molecule has 0 radical (unpaired) electrons. The molecular weight excluding hydrogens is 989 g/mol. The summed E-state index contributed by atoms with van der Waals surface area (Å²) in [5.74, 6) is 0. The zero-order chi connectivity index (χ0) is 54.8. The Morgan fingerprint density at radius 3 is 1.32 bits per heavy atom. The number of fused-ring (bicyclic) bond motifs is 7. The Morgan fingerprint density at radius 2 is 0.695 bits per heavy atom. The van der Waals surface area contributed by atoms with Gasteiger partial charge in [-0.3, -0.25) is 0 Å². The van der Waals surface area contributed by atoms with Crippen LogP contribution in [0.15, 0.2) is 315 Å². The van der Waals surface area contributed by atoms with Crippen molar-refractivity contribution in [3.63, 3.8) is 0 Å². The minimum atomic E-state index is -0.577. The van der Waals surface area contributed by atoms with Crippen LogP contribution in [0, 0.1) is 0 Å². The summed E-state index contributed by atoms with van der Waals surface area (Å²) in [5, 5.41) is 2.46. The molecule has 15 rings (SSSR count). The van der Waals surface area contributed by atoms with Crippen LogP contribution in [0.1, 0.15) is 47.2 Å². The van der Waals surface area contributed by atoms with Crippen LogP contribution in [0.5, 0.6) is 0 Å². The van der Waals surface area contributed by atoms with E-state index in [0.29, 0.717) is 0 Å². The van der Waals surface area contributed by atoms with Crippen molar-refractivity contribution in [2.24, 2.45) is 0 Å². The Morgan fingerprint density at radius 1 is 0.244 bits per heavy atom. The van der Waals surface area contributed by atoms with Crippen LogP contribution in [0.4, 0.5) is 34.1 Å². The van der Waals surface area contributed by atoms with E-state index in [1.54, 1.807) is 0 Å². The van der Waals surface area contributed by atoms with Gasteiger partial charge in [0, 0.05) is 39.5 Å². The third-order valence-electron chi connectivity index (χ3n) is 17.5. The minimum absolute atomic E-state index is 0.189.